The number of hydrogen-bond acceptors (Lipinski definition) is 6. The van der Waals surface area contributed by atoms with Crippen LogP contribution >= 0.6 is 0 Å². The van der Waals surface area contributed by atoms with Crippen molar-refractivity contribution in [2.24, 2.45) is 0 Å². The van der Waals surface area contributed by atoms with Crippen LogP contribution in [0.15, 0.2) is 347 Å². The minimum Gasteiger partial charge on any atom is -0.308 e. The van der Waals surface area contributed by atoms with E-state index in [1.807, 2.05) is 37.2 Å². The highest BCUT2D eigenvalue weighted by molar-refractivity contribution is 6.17. The standard InChI is InChI=1S/C128H102N12/c1-77-30-38-108-96(58-77)97-59-78(2)31-39-109(97)137(108)118-64-82(75-130)65-119(123(118)85-47-54-133-55-48-85)138-110-40-32-79(3)60-98(110)99-61-80(33-41-111(99)138)44-51-127(10,11)90-34-37-95-91-22-14-18-26-104(91)139(114(95)71-90)120-66-83(76-131)67-121(124(120)86-49-56-134-57-50-86)140-107-29-21-15-23-92(107)100-68-87(103(72-115(100)140)126(7,8)9)73-128(12,13)89-36-43-113-102(70-89)94-25-17-20-28-106(94)136(113)117-63-81(74-129)62-116(122(117)84-45-52-132-53-46-84)135-105-27-19-16-24-93(105)101-69-88(125(4,5)6)35-42-112(101)135/h14-43,45-50,52-72H,44,51,73H2,1-13H3. The van der Waals surface area contributed by atoms with E-state index < -0.39 is 5.41 Å². The van der Waals surface area contributed by atoms with Crippen molar-refractivity contribution in [3.05, 3.63) is 413 Å². The Morgan fingerprint density at radius 3 is 0.921 bits per heavy atom. The molecular weight excluding hydrogens is 1710 g/mol. The first-order valence-electron chi connectivity index (χ1n) is 48.5. The lowest BCUT2D eigenvalue weighted by atomic mass is 9.74. The van der Waals surface area contributed by atoms with Crippen molar-refractivity contribution >= 4 is 131 Å². The Bertz CT molecular complexity index is 9430. The Balaban J connectivity index is 0.611. The van der Waals surface area contributed by atoms with Gasteiger partial charge in [-0.3, -0.25) is 15.0 Å². The fourth-order valence-electron chi connectivity index (χ4n) is 23.0. The van der Waals surface area contributed by atoms with Crippen molar-refractivity contribution in [2.45, 2.75) is 131 Å². The second-order valence-corrected chi connectivity index (χ2v) is 41.9. The molecule has 140 heavy (non-hydrogen) atoms. The molecule has 0 N–H and O–H groups in total. The summed E-state index contributed by atoms with van der Waals surface area (Å²) in [7, 11) is 0. The molecule has 674 valence electrons. The lowest BCUT2D eigenvalue weighted by Crippen LogP contribution is -2.24. The maximum Gasteiger partial charge on any atom is 0.0993 e. The third kappa shape index (κ3) is 13.8. The lowest BCUT2D eigenvalue weighted by molar-refractivity contribution is 0.480. The van der Waals surface area contributed by atoms with Gasteiger partial charge in [0.1, 0.15) is 0 Å². The summed E-state index contributed by atoms with van der Waals surface area (Å²) in [4.78, 5) is 13.8. The molecule has 0 saturated heterocycles. The maximum absolute atomic E-state index is 11.7. The summed E-state index contributed by atoms with van der Waals surface area (Å²) >= 11 is 0. The highest BCUT2D eigenvalue weighted by Gasteiger charge is 2.35. The van der Waals surface area contributed by atoms with Gasteiger partial charge in [0.2, 0.25) is 0 Å². The molecule has 0 atom stereocenters. The van der Waals surface area contributed by atoms with Gasteiger partial charge in [0.15, 0.2) is 0 Å². The fourth-order valence-corrected chi connectivity index (χ4v) is 23.0. The first kappa shape index (κ1) is 85.9. The van der Waals surface area contributed by atoms with Gasteiger partial charge in [0, 0.05) is 119 Å². The van der Waals surface area contributed by atoms with Gasteiger partial charge in [-0.2, -0.15) is 15.8 Å². The molecule has 12 nitrogen and oxygen atoms in total. The summed E-state index contributed by atoms with van der Waals surface area (Å²) in [6.07, 6.45) is 13.6. The van der Waals surface area contributed by atoms with Crippen molar-refractivity contribution in [1.82, 2.24) is 42.4 Å². The van der Waals surface area contributed by atoms with E-state index in [1.54, 1.807) is 0 Å². The number of aromatic nitrogens is 9. The Morgan fingerprint density at radius 2 is 0.543 bits per heavy atom. The first-order chi connectivity index (χ1) is 67.8. The number of nitriles is 3. The van der Waals surface area contributed by atoms with E-state index in [0.717, 1.165) is 207 Å². The van der Waals surface area contributed by atoms with Crippen LogP contribution in [-0.2, 0) is 34.5 Å². The summed E-state index contributed by atoms with van der Waals surface area (Å²) < 4.78 is 14.4. The summed E-state index contributed by atoms with van der Waals surface area (Å²) in [5, 5.41) is 47.8. The van der Waals surface area contributed by atoms with Crippen LogP contribution in [0.1, 0.15) is 142 Å². The van der Waals surface area contributed by atoms with Crippen molar-refractivity contribution < 1.29 is 0 Å². The molecule has 0 unspecified atom stereocenters. The van der Waals surface area contributed by atoms with Crippen LogP contribution in [0.3, 0.4) is 0 Å². The Hall–Kier alpha value is -17.0. The molecule has 0 aliphatic carbocycles. The summed E-state index contributed by atoms with van der Waals surface area (Å²) in [6.45, 7) is 29.9. The van der Waals surface area contributed by atoms with Gasteiger partial charge in [-0.15, -0.1) is 0 Å². The number of pyridine rings is 3. The zero-order chi connectivity index (χ0) is 95.8. The predicted octanol–water partition coefficient (Wildman–Crippen LogP) is 32.0. The quantitative estimate of drug-likeness (QED) is 0.0944. The van der Waals surface area contributed by atoms with E-state index >= 15 is 0 Å². The minimum atomic E-state index is -0.409. The van der Waals surface area contributed by atoms with Gasteiger partial charge < -0.3 is 27.4 Å². The molecule has 0 aliphatic heterocycles. The molecule has 9 heterocycles. The van der Waals surface area contributed by atoms with Crippen molar-refractivity contribution in [3.63, 3.8) is 0 Å². The molecule has 9 aromatic heterocycles. The predicted molar refractivity (Wildman–Crippen MR) is 579 cm³/mol. The van der Waals surface area contributed by atoms with Crippen LogP contribution < -0.4 is 0 Å². The fraction of sp³-hybridized carbons (Fsp3) is 0.156. The van der Waals surface area contributed by atoms with Crippen LogP contribution in [0.25, 0.3) is 198 Å². The third-order valence-electron chi connectivity index (χ3n) is 29.9. The monoisotopic (exact) mass is 1810 g/mol. The summed E-state index contributed by atoms with van der Waals surface area (Å²) in [5.41, 5.74) is 35.4. The second-order valence-electron chi connectivity index (χ2n) is 41.9. The van der Waals surface area contributed by atoms with Crippen LogP contribution in [0.5, 0.6) is 0 Å². The summed E-state index contributed by atoms with van der Waals surface area (Å²) in [5.74, 6) is 0. The van der Waals surface area contributed by atoms with E-state index in [2.05, 4.69) is 460 Å². The first-order valence-corrected chi connectivity index (χ1v) is 48.5. The van der Waals surface area contributed by atoms with Gasteiger partial charge in [-0.25, -0.2) is 0 Å². The number of aryl methyl sites for hydroxylation is 4. The summed E-state index contributed by atoms with van der Waals surface area (Å²) in [6, 6.07) is 121. The highest BCUT2D eigenvalue weighted by Crippen LogP contribution is 2.52. The van der Waals surface area contributed by atoms with Gasteiger partial charge in [-0.1, -0.05) is 207 Å². The lowest BCUT2D eigenvalue weighted by Gasteiger charge is -2.30. The number of nitrogens with zero attached hydrogens (tertiary/aromatic N) is 12. The number of fused-ring (bicyclic) bond motifs is 18. The molecular formula is C128H102N12. The van der Waals surface area contributed by atoms with Crippen molar-refractivity contribution in [2.75, 3.05) is 0 Å². The second kappa shape index (κ2) is 32.4. The topological polar surface area (TPSA) is 140 Å². The molecule has 24 aromatic rings. The number of hydrogen-bond donors (Lipinski definition) is 0. The maximum atomic E-state index is 11.7. The smallest absolute Gasteiger partial charge is 0.0993 e. The number of para-hydroxylation sites is 4. The zero-order valence-electron chi connectivity index (χ0n) is 80.9. The number of benzene rings is 15. The average Bonchev–Trinajstić information content (AvgIpc) is 1.55. The normalized spacial score (nSPS) is 12.4. The van der Waals surface area contributed by atoms with E-state index in [-0.39, 0.29) is 16.2 Å². The van der Waals surface area contributed by atoms with Gasteiger partial charge >= 0.3 is 0 Å². The molecule has 0 amide bonds. The third-order valence-corrected chi connectivity index (χ3v) is 29.9. The average molecular weight is 1810 g/mol. The minimum absolute atomic E-state index is 0.0684. The van der Waals surface area contributed by atoms with Crippen molar-refractivity contribution in [1.29, 1.82) is 15.8 Å². The van der Waals surface area contributed by atoms with Gasteiger partial charge in [-0.05, 0) is 300 Å². The van der Waals surface area contributed by atoms with Crippen LogP contribution in [-0.4, -0.2) is 42.4 Å². The van der Waals surface area contributed by atoms with Gasteiger partial charge in [0.05, 0.1) is 135 Å². The SMILES string of the molecule is Cc1ccc2c(c1)c1cc(C)ccc1n2-c1cc(C#N)cc(-n2c3ccc(C)cc3c3cc(CCC(C)(C)c4ccc5c6ccccc6n(-c6cc(C#N)cc(-n7c8ccccc8c8cc(CC(C)(C)c9ccc%10c(c9)c9ccccc9n%10-c9cc(C#N)cc(-n%10c%11ccccc%11c%11cc(C(C)(C)C)ccc%11%10)c9-c9ccncc9)c(C(C)(C)C)cc87)c6-c6ccncc6)c5c4)ccc32)c1-c1ccncc1. The highest BCUT2D eigenvalue weighted by atomic mass is 15.1. The Labute approximate surface area is 813 Å². The number of rotatable bonds is 16. The molecule has 0 fully saturated rings. The zero-order valence-corrected chi connectivity index (χ0v) is 80.9. The molecule has 0 radical (unpaired) electrons. The van der Waals surface area contributed by atoms with Crippen LogP contribution in [0, 0.1) is 54.8 Å². The van der Waals surface area contributed by atoms with Crippen LogP contribution in [0.4, 0.5) is 0 Å². The molecule has 12 heteroatoms. The Kier molecular flexibility index (Phi) is 19.9. The molecule has 0 aliphatic rings. The van der Waals surface area contributed by atoms with Gasteiger partial charge in [0.25, 0.3) is 0 Å². The molecule has 15 aromatic carbocycles. The molecule has 24 rings (SSSR count). The van der Waals surface area contributed by atoms with E-state index in [4.69, 9.17) is 0 Å². The molecule has 0 spiro atoms. The van der Waals surface area contributed by atoms with E-state index in [9.17, 15) is 15.8 Å². The molecule has 0 saturated carbocycles. The van der Waals surface area contributed by atoms with E-state index in [1.165, 1.54) is 60.7 Å². The van der Waals surface area contributed by atoms with Crippen LogP contribution in [0.2, 0.25) is 0 Å². The Morgan fingerprint density at radius 1 is 0.250 bits per heavy atom. The van der Waals surface area contributed by atoms with E-state index in [0.29, 0.717) is 16.7 Å². The largest absolute Gasteiger partial charge is 0.308 e. The molecule has 0 bridgehead atoms. The van der Waals surface area contributed by atoms with Crippen molar-refractivity contribution in [3.8, 4) is 85.7 Å².